The van der Waals surface area contributed by atoms with Crippen molar-refractivity contribution in [3.63, 3.8) is 0 Å². The lowest BCUT2D eigenvalue weighted by atomic mass is 9.81. The summed E-state index contributed by atoms with van der Waals surface area (Å²) >= 11 is 0. The van der Waals surface area contributed by atoms with Crippen LogP contribution in [0, 0.1) is 19.3 Å². The van der Waals surface area contributed by atoms with E-state index in [1.165, 1.54) is 0 Å². The summed E-state index contributed by atoms with van der Waals surface area (Å²) in [6.45, 7) is 10.2. The molecule has 8 heteroatoms. The van der Waals surface area contributed by atoms with Crippen molar-refractivity contribution >= 4 is 12.0 Å². The van der Waals surface area contributed by atoms with Crippen LogP contribution in [0.25, 0.3) is 0 Å². The summed E-state index contributed by atoms with van der Waals surface area (Å²) in [6, 6.07) is 3.60. The molecule has 1 aromatic heterocycles. The average molecular weight is 450 g/mol. The van der Waals surface area contributed by atoms with Gasteiger partial charge in [-0.3, -0.25) is 4.79 Å². The molecule has 0 saturated carbocycles. The standard InChI is InChI=1S/C24H33F2N3O3/c1-15-6-7-16(2)29(15)17-8-9-24(11-17,12-20(25)26)21(30)27-13-19-10-18(27)14-28(19)22(31)32-23(3,4)5/h6-9,17-20H,10-14H2,1-5H3/t17-,18-,19-,24+/m1/s1. The lowest BCUT2D eigenvalue weighted by Crippen LogP contribution is -2.54. The summed E-state index contributed by atoms with van der Waals surface area (Å²) < 4.78 is 34.9. The van der Waals surface area contributed by atoms with Crippen molar-refractivity contribution in [3.05, 3.63) is 35.7 Å². The molecule has 1 aromatic rings. The van der Waals surface area contributed by atoms with Crippen LogP contribution in [0.4, 0.5) is 13.6 Å². The highest BCUT2D eigenvalue weighted by Gasteiger charge is 2.54. The largest absolute Gasteiger partial charge is 0.444 e. The highest BCUT2D eigenvalue weighted by atomic mass is 19.3. The zero-order valence-electron chi connectivity index (χ0n) is 19.5. The quantitative estimate of drug-likeness (QED) is 0.638. The fourth-order valence-electron chi connectivity index (χ4n) is 5.60. The SMILES string of the molecule is Cc1ccc(C)n1[C@@H]1C=C[C@](CC(F)F)(C(=O)N2C[C@H]3C[C@@H]2CN3C(=O)OC(C)(C)C)C1. The van der Waals surface area contributed by atoms with Gasteiger partial charge in [0.1, 0.15) is 5.60 Å². The summed E-state index contributed by atoms with van der Waals surface area (Å²) in [4.78, 5) is 29.6. The first-order valence-corrected chi connectivity index (χ1v) is 11.3. The Hall–Kier alpha value is -2.38. The van der Waals surface area contributed by atoms with E-state index in [1.54, 1.807) is 15.9 Å². The maximum Gasteiger partial charge on any atom is 0.410 e. The topological polar surface area (TPSA) is 54.8 Å². The van der Waals surface area contributed by atoms with Gasteiger partial charge in [-0.25, -0.2) is 13.6 Å². The molecule has 2 bridgehead atoms. The Labute approximate surface area is 188 Å². The molecule has 6 nitrogen and oxygen atoms in total. The maximum atomic E-state index is 13.7. The molecule has 32 heavy (non-hydrogen) atoms. The number of nitrogens with zero attached hydrogens (tertiary/aromatic N) is 3. The number of carbonyl (C=O) groups excluding carboxylic acids is 2. The summed E-state index contributed by atoms with van der Waals surface area (Å²) in [5.41, 5.74) is 0.286. The Kier molecular flexibility index (Phi) is 5.62. The monoisotopic (exact) mass is 449 g/mol. The van der Waals surface area contributed by atoms with E-state index in [9.17, 15) is 18.4 Å². The molecule has 3 aliphatic rings. The fourth-order valence-corrected chi connectivity index (χ4v) is 5.60. The smallest absolute Gasteiger partial charge is 0.410 e. The number of hydrogen-bond acceptors (Lipinski definition) is 3. The van der Waals surface area contributed by atoms with Gasteiger partial charge >= 0.3 is 6.09 Å². The summed E-state index contributed by atoms with van der Waals surface area (Å²) in [5, 5.41) is 0. The number of halogens is 2. The maximum absolute atomic E-state index is 13.7. The van der Waals surface area contributed by atoms with Crippen molar-refractivity contribution in [1.29, 1.82) is 0 Å². The van der Waals surface area contributed by atoms with Gasteiger partial charge in [-0.05, 0) is 59.6 Å². The van der Waals surface area contributed by atoms with Crippen molar-refractivity contribution in [1.82, 2.24) is 14.4 Å². The van der Waals surface area contributed by atoms with Gasteiger partial charge in [0.2, 0.25) is 12.3 Å². The summed E-state index contributed by atoms with van der Waals surface area (Å²) in [7, 11) is 0. The van der Waals surface area contributed by atoms with Crippen LogP contribution in [0.2, 0.25) is 0 Å². The van der Waals surface area contributed by atoms with Crippen molar-refractivity contribution in [2.75, 3.05) is 13.1 Å². The molecule has 2 aliphatic heterocycles. The third kappa shape index (κ3) is 4.04. The first-order valence-electron chi connectivity index (χ1n) is 11.3. The molecule has 0 spiro atoms. The third-order valence-electron chi connectivity index (χ3n) is 6.94. The summed E-state index contributed by atoms with van der Waals surface area (Å²) in [6.07, 6.45) is 1.17. The molecular formula is C24H33F2N3O3. The van der Waals surface area contributed by atoms with Gasteiger partial charge < -0.3 is 19.1 Å². The van der Waals surface area contributed by atoms with Crippen molar-refractivity contribution in [2.45, 2.75) is 84.0 Å². The molecule has 3 heterocycles. The van der Waals surface area contributed by atoms with Crippen LogP contribution < -0.4 is 0 Å². The zero-order chi connectivity index (χ0) is 23.4. The minimum atomic E-state index is -2.58. The van der Waals surface area contributed by atoms with E-state index in [0.29, 0.717) is 25.9 Å². The molecule has 2 fully saturated rings. The van der Waals surface area contributed by atoms with Crippen molar-refractivity contribution in [3.8, 4) is 0 Å². The first kappa shape index (κ1) is 22.8. The van der Waals surface area contributed by atoms with Gasteiger partial charge in [0.25, 0.3) is 0 Å². The molecule has 2 saturated heterocycles. The first-order chi connectivity index (χ1) is 14.9. The lowest BCUT2D eigenvalue weighted by Gasteiger charge is -2.39. The van der Waals surface area contributed by atoms with Gasteiger partial charge in [-0.1, -0.05) is 12.2 Å². The zero-order valence-corrected chi connectivity index (χ0v) is 19.5. The lowest BCUT2D eigenvalue weighted by molar-refractivity contribution is -0.144. The minimum Gasteiger partial charge on any atom is -0.444 e. The van der Waals surface area contributed by atoms with Gasteiger partial charge in [0.05, 0.1) is 23.5 Å². The summed E-state index contributed by atoms with van der Waals surface area (Å²) in [5.74, 6) is -0.240. The molecule has 4 atom stereocenters. The number of likely N-dealkylation sites (tertiary alicyclic amines) is 2. The molecule has 0 aromatic carbocycles. The number of aryl methyl sites for hydroxylation is 2. The number of piperazine rings is 1. The number of aromatic nitrogens is 1. The highest BCUT2D eigenvalue weighted by Crippen LogP contribution is 2.47. The Bertz CT molecular complexity index is 916. The number of carbonyl (C=O) groups is 2. The van der Waals surface area contributed by atoms with Crippen LogP contribution in [0.15, 0.2) is 24.3 Å². The van der Waals surface area contributed by atoms with Crippen LogP contribution in [-0.2, 0) is 9.53 Å². The Morgan fingerprint density at radius 3 is 2.25 bits per heavy atom. The van der Waals surface area contributed by atoms with E-state index in [-0.39, 0.29) is 30.1 Å². The highest BCUT2D eigenvalue weighted by molar-refractivity contribution is 5.86. The van der Waals surface area contributed by atoms with Crippen LogP contribution in [0.5, 0.6) is 0 Å². The third-order valence-corrected chi connectivity index (χ3v) is 6.94. The van der Waals surface area contributed by atoms with Gasteiger partial charge in [0.15, 0.2) is 0 Å². The van der Waals surface area contributed by atoms with Crippen LogP contribution in [0.1, 0.15) is 57.5 Å². The van der Waals surface area contributed by atoms with Crippen LogP contribution in [-0.4, -0.2) is 63.6 Å². The molecule has 176 valence electrons. The Morgan fingerprint density at radius 2 is 1.72 bits per heavy atom. The number of ether oxygens (including phenoxy) is 1. The van der Waals surface area contributed by atoms with E-state index >= 15 is 0 Å². The number of fused-ring (bicyclic) bond motifs is 2. The number of hydrogen-bond donors (Lipinski definition) is 0. The Balaban J connectivity index is 1.50. The second-order valence-corrected chi connectivity index (χ2v) is 10.5. The molecule has 1 aliphatic carbocycles. The molecule has 4 rings (SSSR count). The van der Waals surface area contributed by atoms with Gasteiger partial charge in [0, 0.05) is 30.9 Å². The van der Waals surface area contributed by atoms with E-state index in [0.717, 1.165) is 11.4 Å². The van der Waals surface area contributed by atoms with Crippen LogP contribution >= 0.6 is 0 Å². The number of alkyl halides is 2. The number of allylic oxidation sites excluding steroid dienone is 1. The minimum absolute atomic E-state index is 0.120. The second-order valence-electron chi connectivity index (χ2n) is 10.5. The molecule has 0 N–H and O–H groups in total. The van der Waals surface area contributed by atoms with Crippen LogP contribution in [0.3, 0.4) is 0 Å². The predicted molar refractivity (Wildman–Crippen MR) is 117 cm³/mol. The Morgan fingerprint density at radius 1 is 1.12 bits per heavy atom. The van der Waals surface area contributed by atoms with E-state index in [4.69, 9.17) is 4.74 Å². The average Bonchev–Trinajstić information content (AvgIpc) is 3.43. The van der Waals surface area contributed by atoms with Crippen molar-refractivity contribution < 1.29 is 23.1 Å². The van der Waals surface area contributed by atoms with E-state index < -0.39 is 23.9 Å². The number of amides is 2. The molecule has 0 radical (unpaired) electrons. The van der Waals surface area contributed by atoms with Gasteiger partial charge in [-0.2, -0.15) is 0 Å². The van der Waals surface area contributed by atoms with Crippen molar-refractivity contribution in [2.24, 2.45) is 5.41 Å². The number of rotatable bonds is 4. The fraction of sp³-hybridized carbons (Fsp3) is 0.667. The second kappa shape index (κ2) is 7.89. The van der Waals surface area contributed by atoms with E-state index in [2.05, 4.69) is 4.57 Å². The normalized spacial score (nSPS) is 29.4. The molecule has 0 unspecified atom stereocenters. The van der Waals surface area contributed by atoms with E-state index in [1.807, 2.05) is 52.8 Å². The molecular weight excluding hydrogens is 416 g/mol. The predicted octanol–water partition coefficient (Wildman–Crippen LogP) is 4.47. The molecule has 2 amide bonds. The van der Waals surface area contributed by atoms with Gasteiger partial charge in [-0.15, -0.1) is 0 Å².